The van der Waals surface area contributed by atoms with Crippen molar-refractivity contribution in [2.75, 3.05) is 0 Å². The van der Waals surface area contributed by atoms with Gasteiger partial charge in [0, 0.05) is 32.9 Å². The summed E-state index contributed by atoms with van der Waals surface area (Å²) in [5.74, 6) is 2.28. The molecule has 1 rings (SSSR count). The summed E-state index contributed by atoms with van der Waals surface area (Å²) in [5, 5.41) is 0. The minimum Gasteiger partial charge on any atom is -0.0776 e. The van der Waals surface area contributed by atoms with Gasteiger partial charge in [0.1, 0.15) is 0 Å². The van der Waals surface area contributed by atoms with Crippen LogP contribution in [0.5, 0.6) is 0 Å². The first-order valence-corrected chi connectivity index (χ1v) is 2.41. The van der Waals surface area contributed by atoms with Gasteiger partial charge in [-0.25, -0.2) is 0 Å². The fraction of sp³-hybridized carbons (Fsp3) is 0.200. The molecule has 0 aromatic heterocycles. The molecule has 0 amide bonds. The van der Waals surface area contributed by atoms with E-state index in [2.05, 4.69) is 5.92 Å². The van der Waals surface area contributed by atoms with Gasteiger partial charge in [-0.1, -0.05) is 39.0 Å². The van der Waals surface area contributed by atoms with Crippen LogP contribution in [0.2, 0.25) is 0 Å². The van der Waals surface area contributed by atoms with Crippen molar-refractivity contribution in [3.63, 3.8) is 0 Å². The smallest absolute Gasteiger partial charge is 0.0255 e. The Hall–Kier alpha value is -0.298. The maximum absolute atomic E-state index is 6.69. The zero-order valence-electron chi connectivity index (χ0n) is 4.96. The Kier molecular flexibility index (Phi) is 15.0. The number of hydrogen-bond acceptors (Lipinski definition) is 0. The van der Waals surface area contributed by atoms with Crippen molar-refractivity contribution in [2.45, 2.75) is 14.9 Å². The van der Waals surface area contributed by atoms with Gasteiger partial charge in [0.25, 0.3) is 0 Å². The average Bonchev–Trinajstić information content (AvgIpc) is 1.90. The van der Waals surface area contributed by atoms with Crippen LogP contribution in [0, 0.1) is 12.3 Å². The van der Waals surface area contributed by atoms with Crippen LogP contribution < -0.4 is 0 Å². The molecule has 0 bridgehead atoms. The van der Waals surface area contributed by atoms with Crippen LogP contribution >= 0.6 is 0 Å². The van der Waals surface area contributed by atoms with Gasteiger partial charge >= 0.3 is 0 Å². The van der Waals surface area contributed by atoms with Crippen LogP contribution in [0.4, 0.5) is 0 Å². The zero-order valence-corrected chi connectivity index (χ0v) is 9.45. The molecule has 11 heavy (non-hydrogen) atoms. The summed E-state index contributed by atoms with van der Waals surface area (Å²) in [6, 6.07) is 9.37. The summed E-state index contributed by atoms with van der Waals surface area (Å²) in [6.45, 7) is 0. The third kappa shape index (κ3) is 6.11. The maximum Gasteiger partial charge on any atom is 0.0255 e. The van der Waals surface area contributed by atoms with E-state index in [1.54, 1.807) is 0 Å². The van der Waals surface area contributed by atoms with E-state index < -0.39 is 0 Å². The van der Waals surface area contributed by atoms with E-state index in [0.29, 0.717) is 0 Å². The normalized spacial score (nSPS) is 5.73. The molecule has 0 saturated heterocycles. The zero-order chi connectivity index (χ0) is 5.82. The Labute approximate surface area is 90.2 Å². The predicted octanol–water partition coefficient (Wildman–Crippen LogP) is 2.52. The van der Waals surface area contributed by atoms with Crippen LogP contribution in [0.25, 0.3) is 0 Å². The quantitative estimate of drug-likeness (QED) is 0.504. The van der Waals surface area contributed by atoms with Gasteiger partial charge in [-0.2, -0.15) is 0 Å². The summed E-state index contributed by atoms with van der Waals surface area (Å²) < 4.78 is 0. The van der Waals surface area contributed by atoms with Crippen LogP contribution in [-0.4, -0.2) is 27.3 Å². The summed E-state index contributed by atoms with van der Waals surface area (Å²) in [6.07, 6.45) is 6.69. The fourth-order valence-corrected chi connectivity index (χ4v) is 0.521. The van der Waals surface area contributed by atoms with Crippen molar-refractivity contribution in [3.05, 3.63) is 42.3 Å². The van der Waals surface area contributed by atoms with Crippen molar-refractivity contribution in [1.29, 1.82) is 0 Å². The van der Waals surface area contributed by atoms with Gasteiger partial charge in [-0.3, -0.25) is 0 Å². The second-order valence-electron chi connectivity index (χ2n) is 1.49. The molecular weight excluding hydrogens is 324 g/mol. The Morgan fingerprint density at radius 1 is 1.00 bits per heavy atom. The van der Waals surface area contributed by atoms with Crippen LogP contribution in [-0.2, 0) is 0 Å². The van der Waals surface area contributed by atoms with Gasteiger partial charge in [0.2, 0.25) is 0 Å². The molecule has 0 aliphatic heterocycles. The predicted molar refractivity (Wildman–Crippen MR) is 51.9 cm³/mol. The third-order valence-corrected chi connectivity index (χ3v) is 0.918. The van der Waals surface area contributed by atoms with Crippen molar-refractivity contribution in [2.24, 2.45) is 0 Å². The SMILES string of the molecule is C.C.[C]#Cc1ccccc1.[Tl]. The summed E-state index contributed by atoms with van der Waals surface area (Å²) >= 11 is 0. The van der Waals surface area contributed by atoms with Crippen molar-refractivity contribution < 1.29 is 0 Å². The molecule has 1 heteroatoms. The molecule has 0 N–H and O–H groups in total. The maximum atomic E-state index is 6.69. The van der Waals surface area contributed by atoms with Crippen LogP contribution in [0.3, 0.4) is 0 Å². The first-order valence-electron chi connectivity index (χ1n) is 2.41. The Morgan fingerprint density at radius 3 is 1.73 bits per heavy atom. The van der Waals surface area contributed by atoms with Gasteiger partial charge in [0.05, 0.1) is 0 Å². The first-order chi connectivity index (χ1) is 3.93. The minimum atomic E-state index is 0. The molecule has 0 unspecified atom stereocenters. The first kappa shape index (κ1) is 17.0. The van der Waals surface area contributed by atoms with Gasteiger partial charge in [-0.05, 0) is 18.6 Å². The monoisotopic (exact) mass is 338 g/mol. The average molecular weight is 338 g/mol. The molecule has 1 aromatic carbocycles. The summed E-state index contributed by atoms with van der Waals surface area (Å²) in [4.78, 5) is 0. The molecule has 2 radical (unpaired) electrons. The van der Waals surface area contributed by atoms with Gasteiger partial charge in [0.15, 0.2) is 0 Å². The summed E-state index contributed by atoms with van der Waals surface area (Å²) in [7, 11) is 0. The van der Waals surface area contributed by atoms with Crippen LogP contribution in [0.15, 0.2) is 30.3 Å². The largest absolute Gasteiger partial charge is 0.0776 e. The Bertz CT molecular complexity index is 196. The van der Waals surface area contributed by atoms with Gasteiger partial charge in [-0.15, -0.1) is 0 Å². The molecule has 0 aliphatic rings. The second kappa shape index (κ2) is 9.70. The van der Waals surface area contributed by atoms with E-state index >= 15 is 0 Å². The van der Waals surface area contributed by atoms with Crippen LogP contribution in [0.1, 0.15) is 20.4 Å². The molecule has 1 aromatic rings. The van der Waals surface area contributed by atoms with Crippen molar-refractivity contribution in [3.8, 4) is 5.92 Å². The molecule has 0 saturated carbocycles. The van der Waals surface area contributed by atoms with E-state index in [1.165, 1.54) is 0 Å². The molecule has 0 atom stereocenters. The molecule has 0 spiro atoms. The molecular formula is C10H13Tl. The van der Waals surface area contributed by atoms with Crippen molar-refractivity contribution >= 4 is 27.3 Å². The van der Waals surface area contributed by atoms with E-state index in [0.717, 1.165) is 5.56 Å². The van der Waals surface area contributed by atoms with E-state index in [1.807, 2.05) is 30.3 Å². The Morgan fingerprint density at radius 2 is 1.45 bits per heavy atom. The van der Waals surface area contributed by atoms with Gasteiger partial charge < -0.3 is 0 Å². The summed E-state index contributed by atoms with van der Waals surface area (Å²) in [5.41, 5.74) is 0.826. The topological polar surface area (TPSA) is 0 Å². The van der Waals surface area contributed by atoms with Crippen molar-refractivity contribution in [1.82, 2.24) is 0 Å². The standard InChI is InChI=1S/C8H5.2CH4.Tl/c1-2-8-6-4-3-5-7-8;;;/h3-7H;2*1H4;. The second-order valence-corrected chi connectivity index (χ2v) is 1.49. The number of hydrogen-bond donors (Lipinski definition) is 0. The van der Waals surface area contributed by atoms with E-state index in [4.69, 9.17) is 6.42 Å². The number of benzene rings is 1. The molecule has 0 aliphatic carbocycles. The molecule has 0 nitrogen and oxygen atoms in total. The Balaban J connectivity index is -0.000000213. The number of rotatable bonds is 0. The third-order valence-electron chi connectivity index (χ3n) is 0.918. The molecule has 0 heterocycles. The molecule has 56 valence electrons. The molecule has 0 fully saturated rings. The minimum absolute atomic E-state index is 0. The van der Waals surface area contributed by atoms with E-state index in [9.17, 15) is 0 Å². The fourth-order valence-electron chi connectivity index (χ4n) is 0.521. The van der Waals surface area contributed by atoms with E-state index in [-0.39, 0.29) is 42.2 Å².